The third-order valence-electron chi connectivity index (χ3n) is 2.53. The highest BCUT2D eigenvalue weighted by atomic mass is 35.5. The van der Waals surface area contributed by atoms with Crippen LogP contribution in [0, 0.1) is 0 Å². The fourth-order valence-electron chi connectivity index (χ4n) is 1.68. The van der Waals surface area contributed by atoms with Crippen LogP contribution in [0.2, 0.25) is 20.1 Å². The second kappa shape index (κ2) is 4.69. The molecule has 6 heteroatoms. The lowest BCUT2D eigenvalue weighted by Gasteiger charge is -2.22. The first kappa shape index (κ1) is 12.8. The van der Waals surface area contributed by atoms with Gasteiger partial charge in [-0.15, -0.1) is 0 Å². The Morgan fingerprint density at radius 1 is 0.667 bits per heavy atom. The molecule has 1 aliphatic heterocycles. The van der Waals surface area contributed by atoms with Gasteiger partial charge >= 0.3 is 0 Å². The summed E-state index contributed by atoms with van der Waals surface area (Å²) in [7, 11) is 0. The Balaban J connectivity index is 2.12. The Bertz CT molecular complexity index is 546. The first-order valence-electron chi connectivity index (χ1n) is 4.97. The number of halogens is 4. The van der Waals surface area contributed by atoms with Crippen molar-refractivity contribution in [1.82, 2.24) is 0 Å². The molecule has 0 aliphatic carbocycles. The number of rotatable bonds is 0. The second-order valence-electron chi connectivity index (χ2n) is 3.75. The largest absolute Gasteiger partial charge is 0.354 e. The van der Waals surface area contributed by atoms with Crippen molar-refractivity contribution >= 4 is 69.5 Å². The lowest BCUT2D eigenvalue weighted by molar-refractivity contribution is 1.31. The molecule has 92 valence electrons. The van der Waals surface area contributed by atoms with Crippen molar-refractivity contribution in [2.24, 2.45) is 0 Å². The van der Waals surface area contributed by atoms with E-state index in [-0.39, 0.29) is 0 Å². The molecule has 3 rings (SSSR count). The number of fused-ring (bicyclic) bond motifs is 2. The Morgan fingerprint density at radius 3 is 1.50 bits per heavy atom. The van der Waals surface area contributed by atoms with E-state index in [1.807, 2.05) is 12.1 Å². The van der Waals surface area contributed by atoms with Gasteiger partial charge in [-0.2, -0.15) is 0 Å². The second-order valence-corrected chi connectivity index (χ2v) is 6.46. The summed E-state index contributed by atoms with van der Waals surface area (Å²) in [6.45, 7) is 0. The summed E-state index contributed by atoms with van der Waals surface area (Å²) in [5.41, 5.74) is 1.83. The van der Waals surface area contributed by atoms with Gasteiger partial charge in [-0.05, 0) is 24.3 Å². The van der Waals surface area contributed by atoms with Gasteiger partial charge < -0.3 is 5.32 Å². The molecule has 1 nitrogen and oxygen atoms in total. The fourth-order valence-corrected chi connectivity index (χ4v) is 3.50. The summed E-state index contributed by atoms with van der Waals surface area (Å²) in [5, 5.41) is 5.38. The topological polar surface area (TPSA) is 12.0 Å². The van der Waals surface area contributed by atoms with Gasteiger partial charge in [0.2, 0.25) is 0 Å². The zero-order valence-electron chi connectivity index (χ0n) is 8.73. The van der Waals surface area contributed by atoms with Gasteiger partial charge in [0.05, 0.1) is 31.5 Å². The molecule has 1 heterocycles. The molecule has 0 unspecified atom stereocenters. The van der Waals surface area contributed by atoms with Crippen LogP contribution in [0.3, 0.4) is 0 Å². The van der Waals surface area contributed by atoms with Crippen molar-refractivity contribution in [2.75, 3.05) is 5.32 Å². The molecule has 0 fully saturated rings. The average Bonchev–Trinajstić information content (AvgIpc) is 2.31. The molecule has 1 aliphatic rings. The van der Waals surface area contributed by atoms with Gasteiger partial charge in [-0.3, -0.25) is 0 Å². The molecule has 0 saturated heterocycles. The van der Waals surface area contributed by atoms with Crippen LogP contribution in [0.1, 0.15) is 0 Å². The van der Waals surface area contributed by atoms with Gasteiger partial charge in [-0.25, -0.2) is 0 Å². The Hall–Kier alpha value is -0.250. The van der Waals surface area contributed by atoms with Crippen LogP contribution in [0.5, 0.6) is 0 Å². The summed E-state index contributed by atoms with van der Waals surface area (Å²) < 4.78 is 0. The molecule has 0 saturated carbocycles. The highest BCUT2D eigenvalue weighted by molar-refractivity contribution is 7.99. The maximum atomic E-state index is 6.01. The maximum absolute atomic E-state index is 6.01. The van der Waals surface area contributed by atoms with Crippen LogP contribution < -0.4 is 5.32 Å². The van der Waals surface area contributed by atoms with Crippen molar-refractivity contribution in [2.45, 2.75) is 9.79 Å². The summed E-state index contributed by atoms with van der Waals surface area (Å²) in [5.74, 6) is 0. The van der Waals surface area contributed by atoms with Crippen molar-refractivity contribution in [3.8, 4) is 0 Å². The van der Waals surface area contributed by atoms with Gasteiger partial charge in [0, 0.05) is 9.79 Å². The SMILES string of the molecule is Clc1cc2c(cc1Cl)Sc1cc(Cl)c(Cl)cc1N2. The van der Waals surface area contributed by atoms with Crippen LogP contribution in [0.15, 0.2) is 34.1 Å². The molecule has 0 atom stereocenters. The van der Waals surface area contributed by atoms with E-state index in [1.54, 1.807) is 23.9 Å². The summed E-state index contributed by atoms with van der Waals surface area (Å²) in [6.07, 6.45) is 0. The van der Waals surface area contributed by atoms with E-state index in [1.165, 1.54) is 0 Å². The van der Waals surface area contributed by atoms with Crippen LogP contribution >= 0.6 is 58.2 Å². The number of nitrogens with one attached hydrogen (secondary N) is 1. The molecule has 18 heavy (non-hydrogen) atoms. The molecular formula is C12H5Cl4NS. The maximum Gasteiger partial charge on any atom is 0.0613 e. The number of hydrogen-bond donors (Lipinski definition) is 1. The summed E-state index contributed by atoms with van der Waals surface area (Å²) in [6, 6.07) is 7.28. The molecular weight excluding hydrogens is 332 g/mol. The Kier molecular flexibility index (Phi) is 3.33. The third-order valence-corrected chi connectivity index (χ3v) is 5.09. The first-order valence-corrected chi connectivity index (χ1v) is 7.30. The average molecular weight is 337 g/mol. The molecule has 0 spiro atoms. The molecule has 0 amide bonds. The van der Waals surface area contributed by atoms with Crippen molar-refractivity contribution < 1.29 is 0 Å². The van der Waals surface area contributed by atoms with Crippen LogP contribution in [-0.2, 0) is 0 Å². The highest BCUT2D eigenvalue weighted by Gasteiger charge is 2.19. The number of benzene rings is 2. The molecule has 0 radical (unpaired) electrons. The summed E-state index contributed by atoms with van der Waals surface area (Å²) in [4.78, 5) is 2.02. The van der Waals surface area contributed by atoms with Gasteiger partial charge in [0.15, 0.2) is 0 Å². The van der Waals surface area contributed by atoms with Crippen molar-refractivity contribution in [3.63, 3.8) is 0 Å². The minimum absolute atomic E-state index is 0.520. The highest BCUT2D eigenvalue weighted by Crippen LogP contribution is 2.48. The third kappa shape index (κ3) is 2.17. The van der Waals surface area contributed by atoms with E-state index in [4.69, 9.17) is 46.4 Å². The minimum atomic E-state index is 0.520. The van der Waals surface area contributed by atoms with E-state index in [2.05, 4.69) is 5.32 Å². The Morgan fingerprint density at radius 2 is 1.06 bits per heavy atom. The van der Waals surface area contributed by atoms with Crippen LogP contribution in [-0.4, -0.2) is 0 Å². The Labute approximate surface area is 128 Å². The molecule has 0 bridgehead atoms. The first-order chi connectivity index (χ1) is 8.54. The zero-order valence-corrected chi connectivity index (χ0v) is 12.6. The van der Waals surface area contributed by atoms with E-state index in [9.17, 15) is 0 Å². The van der Waals surface area contributed by atoms with E-state index in [0.717, 1.165) is 21.2 Å². The fraction of sp³-hybridized carbons (Fsp3) is 0. The van der Waals surface area contributed by atoms with Crippen molar-refractivity contribution in [1.29, 1.82) is 0 Å². The van der Waals surface area contributed by atoms with Crippen LogP contribution in [0.25, 0.3) is 0 Å². The normalized spacial score (nSPS) is 12.7. The quantitative estimate of drug-likeness (QED) is 0.502. The summed E-state index contributed by atoms with van der Waals surface area (Å²) >= 11 is 25.6. The van der Waals surface area contributed by atoms with Gasteiger partial charge in [-0.1, -0.05) is 58.2 Å². The monoisotopic (exact) mass is 335 g/mol. The lowest BCUT2D eigenvalue weighted by atomic mass is 10.2. The van der Waals surface area contributed by atoms with Crippen LogP contribution in [0.4, 0.5) is 11.4 Å². The van der Waals surface area contributed by atoms with E-state index in [0.29, 0.717) is 20.1 Å². The molecule has 2 aromatic carbocycles. The zero-order chi connectivity index (χ0) is 12.9. The van der Waals surface area contributed by atoms with E-state index >= 15 is 0 Å². The van der Waals surface area contributed by atoms with Gasteiger partial charge in [0.1, 0.15) is 0 Å². The smallest absolute Gasteiger partial charge is 0.0613 e. The van der Waals surface area contributed by atoms with Gasteiger partial charge in [0.25, 0.3) is 0 Å². The van der Waals surface area contributed by atoms with E-state index < -0.39 is 0 Å². The lowest BCUT2D eigenvalue weighted by Crippen LogP contribution is -2.00. The predicted octanol–water partition coefficient (Wildman–Crippen LogP) is 6.51. The molecule has 0 aromatic heterocycles. The molecule has 2 aromatic rings. The standard InChI is InChI=1S/C12H5Cl4NS/c13-5-1-9-11(3-7(5)15)18-12-4-8(16)6(14)2-10(12)17-9/h1-4,17H. The molecule has 1 N–H and O–H groups in total. The minimum Gasteiger partial charge on any atom is -0.354 e. The number of anilines is 2. The number of hydrogen-bond acceptors (Lipinski definition) is 2. The predicted molar refractivity (Wildman–Crippen MR) is 80.3 cm³/mol. The van der Waals surface area contributed by atoms with Crippen molar-refractivity contribution in [3.05, 3.63) is 44.4 Å².